The van der Waals surface area contributed by atoms with Crippen LogP contribution in [0.3, 0.4) is 0 Å². The third-order valence-electron chi connectivity index (χ3n) is 3.98. The molecule has 0 saturated carbocycles. The van der Waals surface area contributed by atoms with Gasteiger partial charge in [0.15, 0.2) is 5.79 Å². The molecule has 7 heteroatoms. The fourth-order valence-corrected chi connectivity index (χ4v) is 4.42. The number of benzene rings is 1. The van der Waals surface area contributed by atoms with Gasteiger partial charge < -0.3 is 14.2 Å². The van der Waals surface area contributed by atoms with Gasteiger partial charge in [-0.25, -0.2) is 8.42 Å². The molecule has 116 valence electrons. The molecule has 0 aromatic heterocycles. The molecule has 2 saturated heterocycles. The van der Waals surface area contributed by atoms with E-state index in [-0.39, 0.29) is 4.90 Å². The predicted octanol–water partition coefficient (Wildman–Crippen LogP) is 1.22. The number of methoxy groups -OCH3 is 1. The quantitative estimate of drug-likeness (QED) is 0.839. The van der Waals surface area contributed by atoms with E-state index in [1.54, 1.807) is 24.3 Å². The lowest BCUT2D eigenvalue weighted by Gasteiger charge is -2.36. The molecule has 2 heterocycles. The summed E-state index contributed by atoms with van der Waals surface area (Å²) in [6, 6.07) is 6.68. The number of hydrogen-bond acceptors (Lipinski definition) is 5. The van der Waals surface area contributed by atoms with Crippen molar-refractivity contribution in [2.24, 2.45) is 0 Å². The summed E-state index contributed by atoms with van der Waals surface area (Å²) in [5, 5.41) is 0. The SMILES string of the molecule is COc1ccccc1S(=O)(=O)N1CCC2(CC1)OCCO2. The molecule has 1 spiro atoms. The van der Waals surface area contributed by atoms with Crippen LogP contribution >= 0.6 is 0 Å². The van der Waals surface area contributed by atoms with Crippen molar-refractivity contribution < 1.29 is 22.6 Å². The highest BCUT2D eigenvalue weighted by atomic mass is 32.2. The van der Waals surface area contributed by atoms with Crippen LogP contribution in [0, 0.1) is 0 Å². The maximum atomic E-state index is 12.7. The summed E-state index contributed by atoms with van der Waals surface area (Å²) in [7, 11) is -2.08. The average Bonchev–Trinajstić information content (AvgIpc) is 2.96. The van der Waals surface area contributed by atoms with Crippen LogP contribution in [0.25, 0.3) is 0 Å². The Bertz CT molecular complexity index is 600. The highest BCUT2D eigenvalue weighted by molar-refractivity contribution is 7.89. The summed E-state index contributed by atoms with van der Waals surface area (Å²) >= 11 is 0. The monoisotopic (exact) mass is 313 g/mol. The van der Waals surface area contributed by atoms with Gasteiger partial charge in [-0.2, -0.15) is 4.31 Å². The summed E-state index contributed by atoms with van der Waals surface area (Å²) in [5.74, 6) is -0.210. The summed E-state index contributed by atoms with van der Waals surface area (Å²) in [6.07, 6.45) is 1.11. The van der Waals surface area contributed by atoms with Gasteiger partial charge in [-0.15, -0.1) is 0 Å². The molecule has 2 aliphatic heterocycles. The topological polar surface area (TPSA) is 65.1 Å². The Labute approximate surface area is 124 Å². The van der Waals surface area contributed by atoms with E-state index in [9.17, 15) is 8.42 Å². The number of hydrogen-bond donors (Lipinski definition) is 0. The number of rotatable bonds is 3. The second-order valence-corrected chi connectivity index (χ2v) is 7.07. The largest absolute Gasteiger partial charge is 0.495 e. The minimum atomic E-state index is -3.55. The molecule has 0 unspecified atom stereocenters. The molecular weight excluding hydrogens is 294 g/mol. The van der Waals surface area contributed by atoms with Crippen molar-refractivity contribution in [3.63, 3.8) is 0 Å². The molecule has 0 N–H and O–H groups in total. The van der Waals surface area contributed by atoms with Crippen molar-refractivity contribution >= 4 is 10.0 Å². The van der Waals surface area contributed by atoms with Gasteiger partial charge in [-0.1, -0.05) is 12.1 Å². The van der Waals surface area contributed by atoms with Gasteiger partial charge in [0.25, 0.3) is 0 Å². The lowest BCUT2D eigenvalue weighted by Crippen LogP contribution is -2.47. The fraction of sp³-hybridized carbons (Fsp3) is 0.571. The minimum Gasteiger partial charge on any atom is -0.495 e. The maximum absolute atomic E-state index is 12.7. The number of nitrogens with zero attached hydrogens (tertiary/aromatic N) is 1. The molecule has 21 heavy (non-hydrogen) atoms. The summed E-state index contributed by atoms with van der Waals surface area (Å²) in [4.78, 5) is 0.205. The van der Waals surface area contributed by atoms with E-state index in [1.807, 2.05) is 0 Å². The van der Waals surface area contributed by atoms with Crippen LogP contribution in [0.2, 0.25) is 0 Å². The highest BCUT2D eigenvalue weighted by Crippen LogP contribution is 2.34. The molecule has 2 fully saturated rings. The van der Waals surface area contributed by atoms with E-state index in [0.29, 0.717) is 44.9 Å². The lowest BCUT2D eigenvalue weighted by atomic mass is 10.1. The second kappa shape index (κ2) is 5.57. The number of sulfonamides is 1. The lowest BCUT2D eigenvalue weighted by molar-refractivity contribution is -0.179. The van der Waals surface area contributed by atoms with Gasteiger partial charge in [0.1, 0.15) is 10.6 Å². The second-order valence-electron chi connectivity index (χ2n) is 5.16. The Morgan fingerprint density at radius 3 is 2.38 bits per heavy atom. The summed E-state index contributed by atoms with van der Waals surface area (Å²) in [5.41, 5.74) is 0. The zero-order valence-electron chi connectivity index (χ0n) is 11.9. The molecular formula is C14H19NO5S. The van der Waals surface area contributed by atoms with E-state index >= 15 is 0 Å². The Hall–Kier alpha value is -1.15. The fourth-order valence-electron chi connectivity index (χ4n) is 2.82. The first-order chi connectivity index (χ1) is 10.1. The molecule has 6 nitrogen and oxygen atoms in total. The van der Waals surface area contributed by atoms with Crippen LogP contribution in [0.5, 0.6) is 5.75 Å². The first kappa shape index (κ1) is 14.8. The Morgan fingerprint density at radius 1 is 1.14 bits per heavy atom. The first-order valence-electron chi connectivity index (χ1n) is 6.98. The van der Waals surface area contributed by atoms with Gasteiger partial charge >= 0.3 is 0 Å². The third-order valence-corrected chi connectivity index (χ3v) is 5.92. The summed E-state index contributed by atoms with van der Waals surface area (Å²) in [6.45, 7) is 1.94. The Kier molecular flexibility index (Phi) is 3.92. The number of piperidine rings is 1. The number of para-hydroxylation sites is 1. The van der Waals surface area contributed by atoms with Crippen LogP contribution in [0.4, 0.5) is 0 Å². The molecule has 1 aromatic carbocycles. The van der Waals surface area contributed by atoms with Crippen LogP contribution < -0.4 is 4.74 Å². The molecule has 0 radical (unpaired) electrons. The van der Waals surface area contributed by atoms with Crippen molar-refractivity contribution in [2.45, 2.75) is 23.5 Å². The zero-order chi connectivity index (χ0) is 14.9. The van der Waals surface area contributed by atoms with E-state index in [0.717, 1.165) is 0 Å². The third kappa shape index (κ3) is 2.66. The molecule has 3 rings (SSSR count). The molecule has 1 aromatic rings. The van der Waals surface area contributed by atoms with Gasteiger partial charge in [0.05, 0.1) is 20.3 Å². The van der Waals surface area contributed by atoms with Crippen LogP contribution in [-0.2, 0) is 19.5 Å². The van der Waals surface area contributed by atoms with Crippen molar-refractivity contribution in [2.75, 3.05) is 33.4 Å². The van der Waals surface area contributed by atoms with Gasteiger partial charge in [-0.05, 0) is 12.1 Å². The zero-order valence-corrected chi connectivity index (χ0v) is 12.8. The molecule has 0 bridgehead atoms. The number of ether oxygens (including phenoxy) is 3. The van der Waals surface area contributed by atoms with Crippen molar-refractivity contribution in [3.05, 3.63) is 24.3 Å². The standard InChI is InChI=1S/C14H19NO5S/c1-18-12-4-2-3-5-13(12)21(16,17)15-8-6-14(7-9-15)19-10-11-20-14/h2-5H,6-11H2,1H3. The van der Waals surface area contributed by atoms with Crippen LogP contribution in [-0.4, -0.2) is 51.9 Å². The van der Waals surface area contributed by atoms with E-state index in [4.69, 9.17) is 14.2 Å². The van der Waals surface area contributed by atoms with Gasteiger partial charge in [0.2, 0.25) is 10.0 Å². The van der Waals surface area contributed by atoms with Crippen LogP contribution in [0.1, 0.15) is 12.8 Å². The first-order valence-corrected chi connectivity index (χ1v) is 8.42. The van der Waals surface area contributed by atoms with Gasteiger partial charge in [-0.3, -0.25) is 0 Å². The molecule has 0 amide bonds. The van der Waals surface area contributed by atoms with Crippen molar-refractivity contribution in [1.82, 2.24) is 4.31 Å². The maximum Gasteiger partial charge on any atom is 0.246 e. The van der Waals surface area contributed by atoms with Crippen molar-refractivity contribution in [1.29, 1.82) is 0 Å². The predicted molar refractivity (Wildman–Crippen MR) is 75.6 cm³/mol. The highest BCUT2D eigenvalue weighted by Gasteiger charge is 2.43. The normalized spacial score (nSPS) is 22.5. The molecule has 0 atom stereocenters. The minimum absolute atomic E-state index is 0.205. The Morgan fingerprint density at radius 2 is 1.76 bits per heavy atom. The molecule has 0 aliphatic carbocycles. The smallest absolute Gasteiger partial charge is 0.246 e. The van der Waals surface area contributed by atoms with Gasteiger partial charge in [0, 0.05) is 25.9 Å². The Balaban J connectivity index is 1.80. The van der Waals surface area contributed by atoms with E-state index in [1.165, 1.54) is 11.4 Å². The van der Waals surface area contributed by atoms with E-state index < -0.39 is 15.8 Å². The van der Waals surface area contributed by atoms with Crippen molar-refractivity contribution in [3.8, 4) is 5.75 Å². The summed E-state index contributed by atoms with van der Waals surface area (Å²) < 4.78 is 43.4. The average molecular weight is 313 g/mol. The van der Waals surface area contributed by atoms with E-state index in [2.05, 4.69) is 0 Å². The molecule has 2 aliphatic rings. The van der Waals surface area contributed by atoms with Crippen LogP contribution in [0.15, 0.2) is 29.2 Å².